The number of carbonyl (C=O) groups excluding carboxylic acids is 1. The van der Waals surface area contributed by atoms with Crippen molar-refractivity contribution in [2.75, 3.05) is 6.61 Å². The summed E-state index contributed by atoms with van der Waals surface area (Å²) in [5, 5.41) is -0.0761. The molecule has 168 valence electrons. The molecule has 0 heterocycles. The third kappa shape index (κ3) is 22.1. The Hall–Kier alpha value is -0.240. The quantitative estimate of drug-likeness (QED) is 0.0998. The standard InChI is InChI=1S/C25H49ClO2/c1-3-5-6-7-8-9-10-11-12-13-14-15-16-17-18-19-20-21-22-28-25(27)23-24(26)4-2/h24H,3-23H2,1-2H3. The first-order valence-electron chi connectivity index (χ1n) is 12.5. The lowest BCUT2D eigenvalue weighted by molar-refractivity contribution is -0.143. The van der Waals surface area contributed by atoms with Crippen molar-refractivity contribution >= 4 is 17.6 Å². The molecule has 0 radical (unpaired) electrons. The van der Waals surface area contributed by atoms with E-state index in [-0.39, 0.29) is 11.3 Å². The number of unbranched alkanes of at least 4 members (excludes halogenated alkanes) is 17. The fourth-order valence-corrected chi connectivity index (χ4v) is 3.70. The highest BCUT2D eigenvalue weighted by atomic mass is 35.5. The maximum absolute atomic E-state index is 11.5. The van der Waals surface area contributed by atoms with E-state index in [1.165, 1.54) is 109 Å². The average molecular weight is 417 g/mol. The van der Waals surface area contributed by atoms with E-state index in [4.69, 9.17) is 16.3 Å². The summed E-state index contributed by atoms with van der Waals surface area (Å²) in [5.41, 5.74) is 0. The van der Waals surface area contributed by atoms with Crippen LogP contribution in [0.3, 0.4) is 0 Å². The van der Waals surface area contributed by atoms with Crippen LogP contribution in [0, 0.1) is 0 Å². The second-order valence-electron chi connectivity index (χ2n) is 8.44. The number of hydrogen-bond donors (Lipinski definition) is 0. The summed E-state index contributed by atoms with van der Waals surface area (Å²) in [4.78, 5) is 11.5. The molecule has 0 spiro atoms. The molecule has 0 N–H and O–H groups in total. The summed E-state index contributed by atoms with van der Waals surface area (Å²) < 4.78 is 5.22. The zero-order valence-corrected chi connectivity index (χ0v) is 19.9. The molecule has 0 fully saturated rings. The van der Waals surface area contributed by atoms with E-state index in [9.17, 15) is 4.79 Å². The van der Waals surface area contributed by atoms with Gasteiger partial charge in [0.2, 0.25) is 0 Å². The van der Waals surface area contributed by atoms with Gasteiger partial charge in [0.1, 0.15) is 0 Å². The van der Waals surface area contributed by atoms with Crippen molar-refractivity contribution in [1.29, 1.82) is 0 Å². The van der Waals surface area contributed by atoms with Gasteiger partial charge in [0.15, 0.2) is 0 Å². The lowest BCUT2D eigenvalue weighted by Crippen LogP contribution is -2.11. The van der Waals surface area contributed by atoms with Gasteiger partial charge < -0.3 is 4.74 Å². The molecule has 0 aliphatic heterocycles. The monoisotopic (exact) mass is 416 g/mol. The van der Waals surface area contributed by atoms with Crippen LogP contribution in [0.2, 0.25) is 0 Å². The lowest BCUT2D eigenvalue weighted by atomic mass is 10.0. The first-order chi connectivity index (χ1) is 13.7. The molecule has 1 unspecified atom stereocenters. The van der Waals surface area contributed by atoms with Gasteiger partial charge in [-0.3, -0.25) is 4.79 Å². The highest BCUT2D eigenvalue weighted by Crippen LogP contribution is 2.14. The Labute approximate surface area is 181 Å². The number of rotatable bonds is 22. The molecular weight excluding hydrogens is 368 g/mol. The van der Waals surface area contributed by atoms with Crippen molar-refractivity contribution in [3.8, 4) is 0 Å². The molecule has 28 heavy (non-hydrogen) atoms. The van der Waals surface area contributed by atoms with E-state index in [0.29, 0.717) is 13.0 Å². The zero-order chi connectivity index (χ0) is 20.7. The van der Waals surface area contributed by atoms with E-state index in [1.807, 2.05) is 6.92 Å². The van der Waals surface area contributed by atoms with Crippen LogP contribution in [0.4, 0.5) is 0 Å². The molecule has 0 saturated carbocycles. The third-order valence-corrected chi connectivity index (χ3v) is 6.05. The molecule has 0 aliphatic carbocycles. The number of esters is 1. The van der Waals surface area contributed by atoms with E-state index in [2.05, 4.69) is 6.92 Å². The number of ether oxygens (including phenoxy) is 1. The highest BCUT2D eigenvalue weighted by molar-refractivity contribution is 6.21. The maximum atomic E-state index is 11.5. The van der Waals surface area contributed by atoms with Crippen LogP contribution in [0.25, 0.3) is 0 Å². The first-order valence-corrected chi connectivity index (χ1v) is 12.9. The Morgan fingerprint density at radius 2 is 1.00 bits per heavy atom. The van der Waals surface area contributed by atoms with Crippen molar-refractivity contribution < 1.29 is 9.53 Å². The van der Waals surface area contributed by atoms with Crippen molar-refractivity contribution in [2.45, 2.75) is 148 Å². The fraction of sp³-hybridized carbons (Fsp3) is 0.960. The summed E-state index contributed by atoms with van der Waals surface area (Å²) in [6.07, 6.45) is 25.8. The minimum atomic E-state index is -0.145. The number of hydrogen-bond acceptors (Lipinski definition) is 2. The Morgan fingerprint density at radius 1 is 0.643 bits per heavy atom. The SMILES string of the molecule is CCCCCCCCCCCCCCCCCCCCOC(=O)CC(Cl)CC. The number of alkyl halides is 1. The Balaban J connectivity index is 3.09. The Bertz CT molecular complexity index is 320. The molecule has 0 rings (SSSR count). The topological polar surface area (TPSA) is 26.3 Å². The van der Waals surface area contributed by atoms with Crippen LogP contribution in [0.5, 0.6) is 0 Å². The van der Waals surface area contributed by atoms with Crippen molar-refractivity contribution in [3.63, 3.8) is 0 Å². The molecule has 0 bridgehead atoms. The molecule has 0 aromatic heterocycles. The summed E-state index contributed by atoms with van der Waals surface area (Å²) in [6, 6.07) is 0. The predicted molar refractivity (Wildman–Crippen MR) is 124 cm³/mol. The van der Waals surface area contributed by atoms with Gasteiger partial charge in [-0.1, -0.05) is 123 Å². The van der Waals surface area contributed by atoms with Gasteiger partial charge in [-0.15, -0.1) is 11.6 Å². The molecule has 0 saturated heterocycles. The normalized spacial score (nSPS) is 12.2. The molecule has 3 heteroatoms. The van der Waals surface area contributed by atoms with Gasteiger partial charge in [-0.25, -0.2) is 0 Å². The number of halogens is 1. The Kier molecular flexibility index (Phi) is 22.8. The Morgan fingerprint density at radius 3 is 1.36 bits per heavy atom. The fourth-order valence-electron chi connectivity index (χ4n) is 3.57. The zero-order valence-electron chi connectivity index (χ0n) is 19.1. The number of carbonyl (C=O) groups is 1. The molecule has 1 atom stereocenters. The second kappa shape index (κ2) is 23.0. The van der Waals surface area contributed by atoms with Crippen LogP contribution >= 0.6 is 11.6 Å². The maximum Gasteiger partial charge on any atom is 0.307 e. The van der Waals surface area contributed by atoms with Crippen LogP contribution in [0.1, 0.15) is 142 Å². The van der Waals surface area contributed by atoms with Crippen LogP contribution < -0.4 is 0 Å². The van der Waals surface area contributed by atoms with Crippen molar-refractivity contribution in [3.05, 3.63) is 0 Å². The van der Waals surface area contributed by atoms with Gasteiger partial charge in [0, 0.05) is 5.38 Å². The van der Waals surface area contributed by atoms with E-state index < -0.39 is 0 Å². The van der Waals surface area contributed by atoms with Crippen molar-refractivity contribution in [2.24, 2.45) is 0 Å². The van der Waals surface area contributed by atoms with Gasteiger partial charge in [0.05, 0.1) is 13.0 Å². The van der Waals surface area contributed by atoms with Gasteiger partial charge >= 0.3 is 5.97 Å². The molecule has 0 aromatic carbocycles. The van der Waals surface area contributed by atoms with Crippen molar-refractivity contribution in [1.82, 2.24) is 0 Å². The summed E-state index contributed by atoms with van der Waals surface area (Å²) in [7, 11) is 0. The van der Waals surface area contributed by atoms with Crippen LogP contribution in [-0.4, -0.2) is 18.0 Å². The molecule has 0 aliphatic rings. The largest absolute Gasteiger partial charge is 0.466 e. The van der Waals surface area contributed by atoms with E-state index in [0.717, 1.165) is 12.8 Å². The minimum Gasteiger partial charge on any atom is -0.466 e. The second-order valence-corrected chi connectivity index (χ2v) is 9.06. The smallest absolute Gasteiger partial charge is 0.307 e. The molecular formula is C25H49ClO2. The summed E-state index contributed by atoms with van der Waals surface area (Å²) in [6.45, 7) is 4.83. The minimum absolute atomic E-state index is 0.0761. The predicted octanol–water partition coefficient (Wildman–Crippen LogP) is 8.98. The van der Waals surface area contributed by atoms with Gasteiger partial charge in [0.25, 0.3) is 0 Å². The summed E-state index contributed by atoms with van der Waals surface area (Å²) >= 11 is 5.95. The average Bonchev–Trinajstić information content (AvgIpc) is 2.69. The highest BCUT2D eigenvalue weighted by Gasteiger charge is 2.09. The van der Waals surface area contributed by atoms with Gasteiger partial charge in [-0.05, 0) is 12.8 Å². The first kappa shape index (κ1) is 27.8. The van der Waals surface area contributed by atoms with E-state index in [1.54, 1.807) is 0 Å². The third-order valence-electron chi connectivity index (χ3n) is 5.59. The molecule has 0 aromatic rings. The lowest BCUT2D eigenvalue weighted by Gasteiger charge is -2.07. The van der Waals surface area contributed by atoms with Crippen LogP contribution in [-0.2, 0) is 9.53 Å². The summed E-state index contributed by atoms with van der Waals surface area (Å²) in [5.74, 6) is -0.145. The molecule has 0 amide bonds. The van der Waals surface area contributed by atoms with E-state index >= 15 is 0 Å². The van der Waals surface area contributed by atoms with Crippen LogP contribution in [0.15, 0.2) is 0 Å². The molecule has 2 nitrogen and oxygen atoms in total. The van der Waals surface area contributed by atoms with Gasteiger partial charge in [-0.2, -0.15) is 0 Å².